The van der Waals surface area contributed by atoms with Crippen molar-refractivity contribution in [3.05, 3.63) is 47.0 Å². The van der Waals surface area contributed by atoms with Gasteiger partial charge in [-0.2, -0.15) is 15.3 Å². The number of hydrogen-bond donors (Lipinski definition) is 1. The van der Waals surface area contributed by atoms with Crippen LogP contribution in [-0.4, -0.2) is 54.4 Å². The number of likely N-dealkylation sites (N-methyl/N-ethyl adjacent to an activating group) is 1. The maximum atomic E-state index is 6.38. The molecule has 2 bridgehead atoms. The Kier molecular flexibility index (Phi) is 4.66. The second kappa shape index (κ2) is 7.39. The van der Waals surface area contributed by atoms with E-state index in [4.69, 9.17) is 4.74 Å². The van der Waals surface area contributed by atoms with Gasteiger partial charge in [-0.05, 0) is 50.7 Å². The van der Waals surface area contributed by atoms with Crippen LogP contribution < -0.4 is 4.74 Å². The van der Waals surface area contributed by atoms with E-state index in [-0.39, 0.29) is 6.10 Å². The normalized spacial score (nSPS) is 18.3. The van der Waals surface area contributed by atoms with E-state index in [0.717, 1.165) is 58.1 Å². The largest absolute Gasteiger partial charge is 0.473 e. The highest BCUT2D eigenvalue weighted by Gasteiger charge is 2.20. The topological polar surface area (TPSA) is 76.8 Å². The molecule has 1 aliphatic rings. The predicted molar refractivity (Wildman–Crippen MR) is 122 cm³/mol. The standard InChI is InChI=1S/C23H27N7O/c1-14-12-28(3)13-19-15(2)27-29(4)22(19)9-8-21-17-10-16(6-7-20(17)25-26-21)18-11-24-30(5)23(18)31-14/h6-11,14H,12-13H2,1-5H3,(H,25,26)/b9-8+/t14-/m0/s1. The van der Waals surface area contributed by atoms with Crippen molar-refractivity contribution >= 4 is 23.1 Å². The first-order valence-corrected chi connectivity index (χ1v) is 10.5. The number of aromatic nitrogens is 6. The Bertz CT molecular complexity index is 1290. The quantitative estimate of drug-likeness (QED) is 0.475. The molecule has 0 amide bonds. The molecule has 1 aliphatic heterocycles. The summed E-state index contributed by atoms with van der Waals surface area (Å²) in [6.45, 7) is 5.73. The fraction of sp³-hybridized carbons (Fsp3) is 0.348. The van der Waals surface area contributed by atoms with Gasteiger partial charge in [0.15, 0.2) is 0 Å². The summed E-state index contributed by atoms with van der Waals surface area (Å²) in [4.78, 5) is 2.27. The van der Waals surface area contributed by atoms with Crippen LogP contribution in [0.4, 0.5) is 0 Å². The predicted octanol–water partition coefficient (Wildman–Crippen LogP) is 3.39. The van der Waals surface area contributed by atoms with Gasteiger partial charge in [-0.1, -0.05) is 6.07 Å². The van der Waals surface area contributed by atoms with Gasteiger partial charge >= 0.3 is 0 Å². The Balaban J connectivity index is 1.70. The lowest BCUT2D eigenvalue weighted by molar-refractivity contribution is 0.148. The zero-order chi connectivity index (χ0) is 21.7. The first kappa shape index (κ1) is 19.6. The molecule has 0 spiro atoms. The fourth-order valence-electron chi connectivity index (χ4n) is 4.38. The van der Waals surface area contributed by atoms with Crippen molar-refractivity contribution in [3.8, 4) is 17.0 Å². The lowest BCUT2D eigenvalue weighted by Crippen LogP contribution is -2.31. The number of hydrogen-bond acceptors (Lipinski definition) is 5. The van der Waals surface area contributed by atoms with Crippen molar-refractivity contribution in [1.29, 1.82) is 0 Å². The minimum Gasteiger partial charge on any atom is -0.473 e. The summed E-state index contributed by atoms with van der Waals surface area (Å²) in [6.07, 6.45) is 6.03. The molecule has 1 N–H and O–H groups in total. The minimum absolute atomic E-state index is 0.00605. The first-order valence-electron chi connectivity index (χ1n) is 10.5. The van der Waals surface area contributed by atoms with Crippen LogP contribution >= 0.6 is 0 Å². The van der Waals surface area contributed by atoms with E-state index in [1.54, 1.807) is 4.68 Å². The molecule has 4 heterocycles. The van der Waals surface area contributed by atoms with Crippen molar-refractivity contribution in [2.75, 3.05) is 13.6 Å². The highest BCUT2D eigenvalue weighted by Crippen LogP contribution is 2.33. The molecule has 160 valence electrons. The highest BCUT2D eigenvalue weighted by molar-refractivity contribution is 5.92. The van der Waals surface area contributed by atoms with Crippen LogP contribution in [0.5, 0.6) is 5.88 Å². The molecule has 5 rings (SSSR count). The molecule has 0 saturated heterocycles. The Morgan fingerprint density at radius 2 is 1.97 bits per heavy atom. The fourth-order valence-corrected chi connectivity index (χ4v) is 4.38. The van der Waals surface area contributed by atoms with Gasteiger partial charge in [-0.15, -0.1) is 0 Å². The molecule has 0 saturated carbocycles. The summed E-state index contributed by atoms with van der Waals surface area (Å²) in [6, 6.07) is 6.28. The number of aryl methyl sites for hydroxylation is 3. The van der Waals surface area contributed by atoms with E-state index in [1.807, 2.05) is 25.0 Å². The molecule has 4 aromatic rings. The maximum absolute atomic E-state index is 6.38. The number of H-pyrrole nitrogens is 1. The molecule has 8 nitrogen and oxygen atoms in total. The van der Waals surface area contributed by atoms with Crippen molar-refractivity contribution in [3.63, 3.8) is 0 Å². The van der Waals surface area contributed by atoms with E-state index >= 15 is 0 Å². The summed E-state index contributed by atoms with van der Waals surface area (Å²) in [5.41, 5.74) is 7.26. The summed E-state index contributed by atoms with van der Waals surface area (Å²) in [7, 11) is 6.02. The van der Waals surface area contributed by atoms with Crippen LogP contribution in [0, 0.1) is 6.92 Å². The SMILES string of the molecule is Cc1nn(C)c2c1CN(C)C[C@H](C)Oc1c(cnn1C)-c1ccc3[nH]nc(c3c1)/C=C/2. The molecular formula is C23H27N7O. The van der Waals surface area contributed by atoms with Crippen LogP contribution in [0.1, 0.15) is 29.6 Å². The van der Waals surface area contributed by atoms with Gasteiger partial charge in [0.1, 0.15) is 6.10 Å². The Morgan fingerprint density at radius 1 is 1.13 bits per heavy atom. The summed E-state index contributed by atoms with van der Waals surface area (Å²) < 4.78 is 10.1. The summed E-state index contributed by atoms with van der Waals surface area (Å²) >= 11 is 0. The molecular weight excluding hydrogens is 390 g/mol. The smallest absolute Gasteiger partial charge is 0.219 e. The second-order valence-corrected chi connectivity index (χ2v) is 8.39. The first-order chi connectivity index (χ1) is 14.9. The maximum Gasteiger partial charge on any atom is 0.219 e. The zero-order valence-corrected chi connectivity index (χ0v) is 18.5. The summed E-state index contributed by atoms with van der Waals surface area (Å²) in [5.74, 6) is 0.772. The average molecular weight is 418 g/mol. The Hall–Kier alpha value is -3.39. The van der Waals surface area contributed by atoms with Crippen LogP contribution in [0.3, 0.4) is 0 Å². The number of rotatable bonds is 0. The monoisotopic (exact) mass is 417 g/mol. The number of fused-ring (bicyclic) bond motifs is 4. The lowest BCUT2D eigenvalue weighted by Gasteiger charge is -2.23. The average Bonchev–Trinajstić information content (AvgIpc) is 3.36. The molecule has 31 heavy (non-hydrogen) atoms. The molecule has 8 heteroatoms. The Labute approximate surface area is 181 Å². The van der Waals surface area contributed by atoms with Gasteiger partial charge in [0.25, 0.3) is 0 Å². The van der Waals surface area contributed by atoms with Gasteiger partial charge in [0.05, 0.1) is 34.4 Å². The number of benzene rings is 1. The van der Waals surface area contributed by atoms with Gasteiger partial charge in [0.2, 0.25) is 5.88 Å². The van der Waals surface area contributed by atoms with Crippen LogP contribution in [0.15, 0.2) is 24.4 Å². The van der Waals surface area contributed by atoms with Gasteiger partial charge < -0.3 is 4.74 Å². The molecule has 0 aliphatic carbocycles. The van der Waals surface area contributed by atoms with Crippen molar-refractivity contribution in [1.82, 2.24) is 34.7 Å². The van der Waals surface area contributed by atoms with Crippen molar-refractivity contribution in [2.45, 2.75) is 26.5 Å². The highest BCUT2D eigenvalue weighted by atomic mass is 16.5. The number of nitrogens with one attached hydrogen (secondary N) is 1. The van der Waals surface area contributed by atoms with Crippen LogP contribution in [0.25, 0.3) is 34.2 Å². The van der Waals surface area contributed by atoms with Crippen LogP contribution in [-0.2, 0) is 20.6 Å². The molecule has 0 radical (unpaired) electrons. The number of ether oxygens (including phenoxy) is 1. The van der Waals surface area contributed by atoms with Gasteiger partial charge in [0, 0.05) is 38.1 Å². The zero-order valence-electron chi connectivity index (χ0n) is 18.5. The van der Waals surface area contributed by atoms with E-state index in [2.05, 4.69) is 76.5 Å². The van der Waals surface area contributed by atoms with Crippen LogP contribution in [0.2, 0.25) is 0 Å². The van der Waals surface area contributed by atoms with E-state index < -0.39 is 0 Å². The molecule has 0 fully saturated rings. The van der Waals surface area contributed by atoms with E-state index in [0.29, 0.717) is 0 Å². The molecule has 1 atom stereocenters. The van der Waals surface area contributed by atoms with E-state index in [1.165, 1.54) is 5.56 Å². The lowest BCUT2D eigenvalue weighted by atomic mass is 10.1. The van der Waals surface area contributed by atoms with Gasteiger partial charge in [-0.3, -0.25) is 14.7 Å². The number of aromatic amines is 1. The molecule has 3 aromatic heterocycles. The summed E-state index contributed by atoms with van der Waals surface area (Å²) in [5, 5.41) is 17.8. The Morgan fingerprint density at radius 3 is 2.81 bits per heavy atom. The van der Waals surface area contributed by atoms with E-state index in [9.17, 15) is 0 Å². The molecule has 0 unspecified atom stereocenters. The number of nitrogens with zero attached hydrogens (tertiary/aromatic N) is 6. The minimum atomic E-state index is -0.00605. The second-order valence-electron chi connectivity index (χ2n) is 8.39. The third-order valence-corrected chi connectivity index (χ3v) is 5.89. The molecule has 1 aromatic carbocycles. The van der Waals surface area contributed by atoms with Gasteiger partial charge in [-0.25, -0.2) is 4.68 Å². The van der Waals surface area contributed by atoms with Crippen molar-refractivity contribution < 1.29 is 4.74 Å². The third kappa shape index (κ3) is 3.42. The van der Waals surface area contributed by atoms with Crippen molar-refractivity contribution in [2.24, 2.45) is 14.1 Å². The third-order valence-electron chi connectivity index (χ3n) is 5.89.